The quantitative estimate of drug-likeness (QED) is 0.745. The molecule has 1 aliphatic rings. The lowest BCUT2D eigenvalue weighted by Crippen LogP contribution is -2.23. The molecule has 0 saturated carbocycles. The minimum atomic E-state index is 0.467. The molecule has 0 bridgehead atoms. The number of likely N-dealkylation sites (tertiary alicyclic amines) is 1. The second kappa shape index (κ2) is 5.50. The summed E-state index contributed by atoms with van der Waals surface area (Å²) < 4.78 is 1.85. The summed E-state index contributed by atoms with van der Waals surface area (Å²) in [6.45, 7) is 4.71. The highest BCUT2D eigenvalue weighted by Gasteiger charge is 2.19. The number of aromatic nitrogens is 4. The maximum absolute atomic E-state index is 4.35. The maximum atomic E-state index is 4.35. The Morgan fingerprint density at radius 1 is 1.14 bits per heavy atom. The monoisotopic (exact) mass is 293 g/mol. The van der Waals surface area contributed by atoms with Crippen molar-refractivity contribution in [3.63, 3.8) is 0 Å². The molecular formula is C17H19N5. The minimum Gasteiger partial charge on any atom is -0.297 e. The van der Waals surface area contributed by atoms with Crippen molar-refractivity contribution in [3.8, 4) is 11.1 Å². The van der Waals surface area contributed by atoms with Gasteiger partial charge in [0, 0.05) is 24.0 Å². The van der Waals surface area contributed by atoms with Crippen LogP contribution in [-0.2, 0) is 0 Å². The Hall–Kier alpha value is -2.27. The fourth-order valence-electron chi connectivity index (χ4n) is 3.20. The number of hydrogen-bond donors (Lipinski definition) is 0. The van der Waals surface area contributed by atoms with Gasteiger partial charge < -0.3 is 0 Å². The van der Waals surface area contributed by atoms with Gasteiger partial charge in [0.2, 0.25) is 0 Å². The molecule has 1 aliphatic heterocycles. The number of fused-ring (bicyclic) bond motifs is 1. The average molecular weight is 293 g/mol. The fraction of sp³-hybridized carbons (Fsp3) is 0.353. The van der Waals surface area contributed by atoms with Gasteiger partial charge >= 0.3 is 0 Å². The van der Waals surface area contributed by atoms with Gasteiger partial charge in [0.25, 0.3) is 5.78 Å². The Kier molecular flexibility index (Phi) is 3.35. The predicted molar refractivity (Wildman–Crippen MR) is 85.4 cm³/mol. The molecule has 0 N–H and O–H groups in total. The van der Waals surface area contributed by atoms with Crippen LogP contribution < -0.4 is 0 Å². The van der Waals surface area contributed by atoms with Crippen molar-refractivity contribution in [3.05, 3.63) is 48.5 Å². The van der Waals surface area contributed by atoms with Gasteiger partial charge in [-0.05, 0) is 50.0 Å². The van der Waals surface area contributed by atoms with Gasteiger partial charge in [0.05, 0.1) is 0 Å². The van der Waals surface area contributed by atoms with E-state index >= 15 is 0 Å². The minimum absolute atomic E-state index is 0.467. The van der Waals surface area contributed by atoms with Crippen LogP contribution in [0.15, 0.2) is 43.0 Å². The second-order valence-electron chi connectivity index (χ2n) is 5.93. The van der Waals surface area contributed by atoms with Crippen molar-refractivity contribution < 1.29 is 0 Å². The van der Waals surface area contributed by atoms with Crippen molar-refractivity contribution in [2.75, 3.05) is 13.1 Å². The third-order valence-electron chi connectivity index (χ3n) is 4.54. The second-order valence-corrected chi connectivity index (χ2v) is 5.93. The average Bonchev–Trinajstić information content (AvgIpc) is 3.25. The summed E-state index contributed by atoms with van der Waals surface area (Å²) in [6, 6.07) is 9.23. The van der Waals surface area contributed by atoms with E-state index in [1.807, 2.05) is 16.8 Å². The predicted octanol–water partition coefficient (Wildman–Crippen LogP) is 2.95. The van der Waals surface area contributed by atoms with E-state index in [-0.39, 0.29) is 0 Å². The Labute approximate surface area is 129 Å². The zero-order chi connectivity index (χ0) is 14.9. The first-order valence-electron chi connectivity index (χ1n) is 7.81. The smallest absolute Gasteiger partial charge is 0.254 e. The molecular weight excluding hydrogens is 274 g/mol. The van der Waals surface area contributed by atoms with Crippen LogP contribution in [-0.4, -0.2) is 37.6 Å². The lowest BCUT2D eigenvalue weighted by atomic mass is 10.0. The largest absolute Gasteiger partial charge is 0.297 e. The summed E-state index contributed by atoms with van der Waals surface area (Å²) in [4.78, 5) is 6.90. The van der Waals surface area contributed by atoms with Crippen molar-refractivity contribution in [1.82, 2.24) is 24.5 Å². The summed E-state index contributed by atoms with van der Waals surface area (Å²) in [5.74, 6) is 0.630. The van der Waals surface area contributed by atoms with Crippen LogP contribution in [0.3, 0.4) is 0 Å². The number of nitrogens with zero attached hydrogens (tertiary/aromatic N) is 5. The molecule has 0 spiro atoms. The highest BCUT2D eigenvalue weighted by atomic mass is 15.3. The van der Waals surface area contributed by atoms with Crippen LogP contribution in [0.2, 0.25) is 0 Å². The molecule has 22 heavy (non-hydrogen) atoms. The highest BCUT2D eigenvalue weighted by molar-refractivity contribution is 5.63. The summed E-state index contributed by atoms with van der Waals surface area (Å²) in [7, 11) is 0. The fourth-order valence-corrected chi connectivity index (χ4v) is 3.20. The van der Waals surface area contributed by atoms with Crippen LogP contribution in [0, 0.1) is 0 Å². The van der Waals surface area contributed by atoms with Gasteiger partial charge in [-0.1, -0.05) is 18.2 Å². The molecule has 0 radical (unpaired) electrons. The van der Waals surface area contributed by atoms with Crippen molar-refractivity contribution in [2.45, 2.75) is 25.8 Å². The molecule has 0 unspecified atom stereocenters. The molecule has 112 valence electrons. The van der Waals surface area contributed by atoms with E-state index in [9.17, 15) is 0 Å². The van der Waals surface area contributed by atoms with Crippen molar-refractivity contribution >= 4 is 5.78 Å². The van der Waals surface area contributed by atoms with Gasteiger partial charge in [-0.3, -0.25) is 9.30 Å². The lowest BCUT2D eigenvalue weighted by Gasteiger charge is -2.24. The summed E-state index contributed by atoms with van der Waals surface area (Å²) in [5, 5.41) is 7.82. The first kappa shape index (κ1) is 13.4. The molecule has 2 aromatic heterocycles. The molecule has 1 atom stereocenters. The zero-order valence-corrected chi connectivity index (χ0v) is 12.7. The number of benzene rings is 1. The van der Waals surface area contributed by atoms with E-state index in [2.05, 4.69) is 51.3 Å². The van der Waals surface area contributed by atoms with Crippen LogP contribution in [0.1, 0.15) is 31.4 Å². The Bertz CT molecular complexity index is 788. The molecule has 1 saturated heterocycles. The first-order valence-corrected chi connectivity index (χ1v) is 7.81. The molecule has 1 aromatic carbocycles. The van der Waals surface area contributed by atoms with Crippen LogP contribution in [0.25, 0.3) is 16.9 Å². The first-order chi connectivity index (χ1) is 10.8. The Morgan fingerprint density at radius 3 is 2.86 bits per heavy atom. The van der Waals surface area contributed by atoms with Crippen LogP contribution >= 0.6 is 0 Å². The van der Waals surface area contributed by atoms with E-state index in [4.69, 9.17) is 0 Å². The van der Waals surface area contributed by atoms with Gasteiger partial charge in [-0.25, -0.2) is 4.98 Å². The zero-order valence-electron chi connectivity index (χ0n) is 12.7. The lowest BCUT2D eigenvalue weighted by molar-refractivity contribution is 0.263. The topological polar surface area (TPSA) is 46.3 Å². The van der Waals surface area contributed by atoms with Gasteiger partial charge in [0.1, 0.15) is 6.33 Å². The van der Waals surface area contributed by atoms with Crippen LogP contribution in [0.5, 0.6) is 0 Å². The number of rotatable bonds is 3. The highest BCUT2D eigenvalue weighted by Crippen LogP contribution is 2.28. The Balaban J connectivity index is 1.68. The molecule has 0 aliphatic carbocycles. The third-order valence-corrected chi connectivity index (χ3v) is 4.54. The molecule has 1 fully saturated rings. The molecule has 5 nitrogen and oxygen atoms in total. The molecule has 5 heteroatoms. The van der Waals surface area contributed by atoms with E-state index in [1.54, 1.807) is 6.33 Å². The third kappa shape index (κ3) is 2.37. The van der Waals surface area contributed by atoms with E-state index in [1.165, 1.54) is 37.1 Å². The van der Waals surface area contributed by atoms with E-state index in [0.717, 1.165) is 5.56 Å². The van der Waals surface area contributed by atoms with Gasteiger partial charge in [0.15, 0.2) is 0 Å². The van der Waals surface area contributed by atoms with Crippen molar-refractivity contribution in [2.24, 2.45) is 0 Å². The standard InChI is InChI=1S/C17H19N5/c1-13(21-7-2-3-8-21)14-5-4-6-15(9-14)16-10-18-17-20-19-12-22(17)11-16/h4-6,9-13H,2-3,7-8H2,1H3/t13-/m0/s1. The maximum Gasteiger partial charge on any atom is 0.254 e. The number of hydrogen-bond acceptors (Lipinski definition) is 4. The normalized spacial score (nSPS) is 17.1. The van der Waals surface area contributed by atoms with E-state index in [0.29, 0.717) is 11.8 Å². The molecule has 4 rings (SSSR count). The molecule has 0 amide bonds. The van der Waals surface area contributed by atoms with Crippen molar-refractivity contribution in [1.29, 1.82) is 0 Å². The van der Waals surface area contributed by atoms with Gasteiger partial charge in [-0.2, -0.15) is 0 Å². The summed E-state index contributed by atoms with van der Waals surface area (Å²) in [6.07, 6.45) is 8.21. The van der Waals surface area contributed by atoms with Crippen LogP contribution in [0.4, 0.5) is 0 Å². The summed E-state index contributed by atoms with van der Waals surface area (Å²) >= 11 is 0. The SMILES string of the molecule is C[C@@H](c1cccc(-c2cnc3nncn3c2)c1)N1CCCC1. The van der Waals surface area contributed by atoms with Gasteiger partial charge in [-0.15, -0.1) is 10.2 Å². The summed E-state index contributed by atoms with van der Waals surface area (Å²) in [5.41, 5.74) is 3.64. The Morgan fingerprint density at radius 2 is 2.00 bits per heavy atom. The molecule has 3 aromatic rings. The van der Waals surface area contributed by atoms with E-state index < -0.39 is 0 Å². The molecule has 3 heterocycles.